The Morgan fingerprint density at radius 3 is 3.00 bits per heavy atom. The van der Waals surface area contributed by atoms with Gasteiger partial charge in [-0.1, -0.05) is 12.2 Å². The summed E-state index contributed by atoms with van der Waals surface area (Å²) in [7, 11) is 0. The molecule has 1 aliphatic heterocycles. The normalized spacial score (nSPS) is 18.0. The zero-order valence-electron chi connectivity index (χ0n) is 3.59. The first-order valence-electron chi connectivity index (χ1n) is 1.87. The quantitative estimate of drug-likeness (QED) is 0.414. The van der Waals surface area contributed by atoms with Crippen molar-refractivity contribution in [2.45, 2.75) is 0 Å². The minimum Gasteiger partial charge on any atom is -0.258 e. The van der Waals surface area contributed by atoms with Gasteiger partial charge < -0.3 is 0 Å². The van der Waals surface area contributed by atoms with Crippen LogP contribution in [0.4, 0.5) is 0 Å². The Hall–Kier alpha value is -0.570. The number of rotatable bonds is 0. The summed E-state index contributed by atoms with van der Waals surface area (Å²) in [6, 6.07) is 0. The van der Waals surface area contributed by atoms with Gasteiger partial charge in [0.25, 0.3) is 0 Å². The Morgan fingerprint density at radius 1 is 1.86 bits per heavy atom. The summed E-state index contributed by atoms with van der Waals surface area (Å²) in [5, 5.41) is 0. The fourth-order valence-electron chi connectivity index (χ4n) is 0.296. The highest BCUT2D eigenvalue weighted by molar-refractivity contribution is 7.82. The van der Waals surface area contributed by atoms with E-state index in [1.165, 1.54) is 0 Å². The second-order valence-electron chi connectivity index (χ2n) is 1.14. The maximum atomic E-state index is 4.72. The zero-order valence-corrected chi connectivity index (χ0v) is 4.40. The molecule has 0 amide bonds. The molecule has 0 aliphatic carbocycles. The molecular weight excluding hydrogens is 108 g/mol. The molecule has 0 aromatic rings. The van der Waals surface area contributed by atoms with Crippen LogP contribution in [-0.2, 0) is 0 Å². The van der Waals surface area contributed by atoms with Gasteiger partial charge in [0.1, 0.15) is 0 Å². The molecule has 35 valence electrons. The topological polar surface area (TPSA) is 24.7 Å². The highest BCUT2D eigenvalue weighted by Crippen LogP contribution is 1.80. The van der Waals surface area contributed by atoms with Gasteiger partial charge in [-0.15, -0.1) is 0 Å². The molecular formula is C4H3N2S. The molecule has 1 aliphatic rings. The lowest BCUT2D eigenvalue weighted by atomic mass is 10.4. The van der Waals surface area contributed by atoms with E-state index >= 15 is 0 Å². The average molecular weight is 111 g/mol. The van der Waals surface area contributed by atoms with Gasteiger partial charge in [0.2, 0.25) is 0 Å². The molecule has 1 radical (unpaired) electrons. The molecule has 0 bridgehead atoms. The molecule has 7 heavy (non-hydrogen) atoms. The van der Waals surface area contributed by atoms with Crippen molar-refractivity contribution < 1.29 is 0 Å². The van der Waals surface area contributed by atoms with Gasteiger partial charge in [0, 0.05) is 6.21 Å². The van der Waals surface area contributed by atoms with Crippen molar-refractivity contribution in [3.63, 3.8) is 0 Å². The molecule has 0 aromatic heterocycles. The molecule has 0 spiro atoms. The van der Waals surface area contributed by atoms with Gasteiger partial charge in [0.05, 0.1) is 11.4 Å². The average Bonchev–Trinajstić information content (AvgIpc) is 1.69. The number of aliphatic imine (C=N–C) groups is 2. The van der Waals surface area contributed by atoms with Gasteiger partial charge in [-0.2, -0.15) is 0 Å². The smallest absolute Gasteiger partial charge is 0.193 e. The summed E-state index contributed by atoms with van der Waals surface area (Å²) in [4.78, 5) is 8.02. The molecule has 0 unspecified atom stereocenters. The van der Waals surface area contributed by atoms with E-state index in [9.17, 15) is 0 Å². The summed E-state index contributed by atoms with van der Waals surface area (Å²) >= 11 is 4.72. The number of hydrogen-bond donors (Lipinski definition) is 0. The van der Waals surface area contributed by atoms with Crippen molar-refractivity contribution in [3.8, 4) is 0 Å². The van der Waals surface area contributed by atoms with E-state index in [0.717, 1.165) is 4.86 Å². The summed E-state index contributed by atoms with van der Waals surface area (Å²) in [6.45, 7) is 0.582. The Balaban J connectivity index is 2.66. The van der Waals surface area contributed by atoms with Gasteiger partial charge in [-0.3, -0.25) is 4.99 Å². The number of hydrogen-bond acceptors (Lipinski definition) is 3. The van der Waals surface area contributed by atoms with Crippen LogP contribution in [0.1, 0.15) is 0 Å². The molecule has 0 aromatic carbocycles. The van der Waals surface area contributed by atoms with E-state index < -0.39 is 0 Å². The van der Waals surface area contributed by atoms with E-state index in [0.29, 0.717) is 6.54 Å². The van der Waals surface area contributed by atoms with Crippen LogP contribution in [0.3, 0.4) is 0 Å². The lowest BCUT2D eigenvalue weighted by molar-refractivity contribution is 1.32. The molecule has 1 rings (SSSR count). The monoisotopic (exact) mass is 111 g/mol. The summed E-state index contributed by atoms with van der Waals surface area (Å²) in [6.07, 6.45) is 4.01. The van der Waals surface area contributed by atoms with Crippen molar-refractivity contribution in [1.29, 1.82) is 0 Å². The van der Waals surface area contributed by atoms with E-state index in [2.05, 4.69) is 16.3 Å². The van der Waals surface area contributed by atoms with Crippen molar-refractivity contribution in [3.05, 3.63) is 0 Å². The van der Waals surface area contributed by atoms with Gasteiger partial charge >= 0.3 is 0 Å². The third kappa shape index (κ3) is 1.16. The minimum absolute atomic E-state index is 0.582. The molecule has 1 heterocycles. The predicted molar refractivity (Wildman–Crippen MR) is 33.4 cm³/mol. The molecule has 0 atom stereocenters. The van der Waals surface area contributed by atoms with E-state index in [-0.39, 0.29) is 0 Å². The Morgan fingerprint density at radius 2 is 2.71 bits per heavy atom. The van der Waals surface area contributed by atoms with Gasteiger partial charge in [-0.25, -0.2) is 4.99 Å². The van der Waals surface area contributed by atoms with Gasteiger partial charge in [-0.05, 0) is 0 Å². The zero-order chi connectivity index (χ0) is 5.11. The summed E-state index contributed by atoms with van der Waals surface area (Å²) in [5.74, 6) is 0. The first-order chi connectivity index (χ1) is 3.39. The molecule has 0 N–H and O–H groups in total. The van der Waals surface area contributed by atoms with Crippen molar-refractivity contribution in [2.24, 2.45) is 9.98 Å². The maximum Gasteiger partial charge on any atom is 0.193 e. The number of thiocarbonyl (C=S) groups is 1. The highest BCUT2D eigenvalue weighted by atomic mass is 32.1. The van der Waals surface area contributed by atoms with Gasteiger partial charge in [0.15, 0.2) is 6.34 Å². The Kier molecular flexibility index (Phi) is 1.26. The first-order valence-corrected chi connectivity index (χ1v) is 2.28. The number of nitrogens with zero attached hydrogens (tertiary/aromatic N) is 2. The SMILES string of the molecule is S=C1C=N[C]=NC1. The molecule has 0 saturated carbocycles. The van der Waals surface area contributed by atoms with Crippen LogP contribution in [0.2, 0.25) is 0 Å². The van der Waals surface area contributed by atoms with E-state index in [1.54, 1.807) is 6.21 Å². The van der Waals surface area contributed by atoms with Crippen LogP contribution in [0, 0.1) is 0 Å². The van der Waals surface area contributed by atoms with Crippen LogP contribution < -0.4 is 0 Å². The minimum atomic E-state index is 0.582. The van der Waals surface area contributed by atoms with Crippen LogP contribution in [0.5, 0.6) is 0 Å². The fourth-order valence-corrected chi connectivity index (χ4v) is 0.413. The summed E-state index contributed by atoms with van der Waals surface area (Å²) < 4.78 is 0. The van der Waals surface area contributed by atoms with Crippen molar-refractivity contribution in [2.75, 3.05) is 6.54 Å². The third-order valence-corrected chi connectivity index (χ3v) is 0.806. The maximum absolute atomic E-state index is 4.72. The highest BCUT2D eigenvalue weighted by Gasteiger charge is 1.90. The molecule has 2 nitrogen and oxygen atoms in total. The second-order valence-corrected chi connectivity index (χ2v) is 1.67. The molecule has 0 saturated heterocycles. The van der Waals surface area contributed by atoms with E-state index in [4.69, 9.17) is 12.2 Å². The predicted octanol–water partition coefficient (Wildman–Crippen LogP) is 0.346. The molecule has 0 fully saturated rings. The fraction of sp³-hybridized carbons (Fsp3) is 0.250. The van der Waals surface area contributed by atoms with Crippen LogP contribution >= 0.6 is 12.2 Å². The van der Waals surface area contributed by atoms with Crippen LogP contribution in [0.25, 0.3) is 0 Å². The Bertz CT molecular complexity index is 137. The molecule has 3 heteroatoms. The third-order valence-electron chi connectivity index (χ3n) is 0.572. The Labute approximate surface area is 47.0 Å². The van der Waals surface area contributed by atoms with Crippen LogP contribution in [-0.4, -0.2) is 24.0 Å². The first kappa shape index (κ1) is 4.59. The van der Waals surface area contributed by atoms with Crippen LogP contribution in [0.15, 0.2) is 9.98 Å². The standard InChI is InChI=1S/C4H3N2S/c7-4-1-5-3-6-2-4/h1H,2H2. The lowest BCUT2D eigenvalue weighted by Crippen LogP contribution is -2.04. The van der Waals surface area contributed by atoms with Crippen molar-refractivity contribution >= 4 is 29.6 Å². The van der Waals surface area contributed by atoms with E-state index in [1.807, 2.05) is 0 Å². The largest absolute Gasteiger partial charge is 0.258 e. The summed E-state index contributed by atoms with van der Waals surface area (Å²) in [5.41, 5.74) is 0. The van der Waals surface area contributed by atoms with Crippen molar-refractivity contribution in [1.82, 2.24) is 0 Å². The second kappa shape index (κ2) is 1.93. The lowest BCUT2D eigenvalue weighted by Gasteiger charge is -1.90.